The highest BCUT2D eigenvalue weighted by Crippen LogP contribution is 2.16. The lowest BCUT2D eigenvalue weighted by Gasteiger charge is -2.22. The highest BCUT2D eigenvalue weighted by Gasteiger charge is 2.30. The molecule has 0 heterocycles. The zero-order valence-electron chi connectivity index (χ0n) is 10.2. The molecule has 108 valence electrons. The second kappa shape index (κ2) is 7.30. The zero-order chi connectivity index (χ0) is 14.3. The minimum absolute atomic E-state index is 0.0252. The predicted octanol–water partition coefficient (Wildman–Crippen LogP) is 2.06. The largest absolute Gasteiger partial charge is 0.492 e. The Kier molecular flexibility index (Phi) is 6.04. The lowest BCUT2D eigenvalue weighted by atomic mass is 10.3. The van der Waals surface area contributed by atoms with Gasteiger partial charge in [0.15, 0.2) is 0 Å². The summed E-state index contributed by atoms with van der Waals surface area (Å²) in [5, 5.41) is 8.69. The van der Waals surface area contributed by atoms with Crippen molar-refractivity contribution in [2.24, 2.45) is 0 Å². The topological polar surface area (TPSA) is 32.7 Å². The van der Waals surface area contributed by atoms with Gasteiger partial charge in [0, 0.05) is 13.1 Å². The SMILES string of the molecule is OCCN(CCOc1ccc(F)cc1)CC(F)(F)F. The third-order valence-electron chi connectivity index (χ3n) is 2.31. The molecular formula is C12H15F4NO2. The number of aliphatic hydroxyl groups excluding tert-OH is 1. The van der Waals surface area contributed by atoms with Gasteiger partial charge in [0.1, 0.15) is 18.2 Å². The van der Waals surface area contributed by atoms with Gasteiger partial charge in [0.2, 0.25) is 0 Å². The number of rotatable bonds is 7. The predicted molar refractivity (Wildman–Crippen MR) is 61.5 cm³/mol. The normalized spacial score (nSPS) is 11.9. The van der Waals surface area contributed by atoms with Crippen LogP contribution in [0.4, 0.5) is 17.6 Å². The molecule has 19 heavy (non-hydrogen) atoms. The molecule has 1 aromatic rings. The quantitative estimate of drug-likeness (QED) is 0.777. The minimum Gasteiger partial charge on any atom is -0.492 e. The lowest BCUT2D eigenvalue weighted by Crippen LogP contribution is -2.38. The van der Waals surface area contributed by atoms with Gasteiger partial charge in [0.25, 0.3) is 0 Å². The van der Waals surface area contributed by atoms with E-state index in [4.69, 9.17) is 9.84 Å². The van der Waals surface area contributed by atoms with E-state index in [2.05, 4.69) is 0 Å². The van der Waals surface area contributed by atoms with Gasteiger partial charge in [0.05, 0.1) is 13.2 Å². The highest BCUT2D eigenvalue weighted by molar-refractivity contribution is 5.21. The molecule has 1 N–H and O–H groups in total. The molecule has 0 amide bonds. The van der Waals surface area contributed by atoms with Crippen molar-refractivity contribution in [1.82, 2.24) is 4.90 Å². The summed E-state index contributed by atoms with van der Waals surface area (Å²) in [5.41, 5.74) is 0. The van der Waals surface area contributed by atoms with E-state index in [1.807, 2.05) is 0 Å². The Hall–Kier alpha value is -1.34. The monoisotopic (exact) mass is 281 g/mol. The summed E-state index contributed by atoms with van der Waals surface area (Å²) in [6, 6.07) is 5.21. The Balaban J connectivity index is 2.37. The average Bonchev–Trinajstić information content (AvgIpc) is 2.30. The van der Waals surface area contributed by atoms with E-state index < -0.39 is 18.5 Å². The number of aliphatic hydroxyl groups is 1. The summed E-state index contributed by atoms with van der Waals surface area (Å²) >= 11 is 0. The van der Waals surface area contributed by atoms with Crippen LogP contribution in [0.3, 0.4) is 0 Å². The van der Waals surface area contributed by atoms with Crippen molar-refractivity contribution in [3.8, 4) is 5.75 Å². The van der Waals surface area contributed by atoms with Gasteiger partial charge in [-0.2, -0.15) is 13.2 Å². The molecule has 0 fully saturated rings. The number of alkyl halides is 3. The van der Waals surface area contributed by atoms with E-state index in [0.717, 1.165) is 4.90 Å². The summed E-state index contributed by atoms with van der Waals surface area (Å²) in [4.78, 5) is 1.05. The van der Waals surface area contributed by atoms with Crippen LogP contribution in [0.15, 0.2) is 24.3 Å². The van der Waals surface area contributed by atoms with Crippen molar-refractivity contribution in [3.05, 3.63) is 30.1 Å². The van der Waals surface area contributed by atoms with Gasteiger partial charge in [-0.25, -0.2) is 4.39 Å². The lowest BCUT2D eigenvalue weighted by molar-refractivity contribution is -0.147. The number of halogens is 4. The number of benzene rings is 1. The van der Waals surface area contributed by atoms with Crippen molar-refractivity contribution in [1.29, 1.82) is 0 Å². The summed E-state index contributed by atoms with van der Waals surface area (Å²) in [6.45, 7) is -1.47. The first-order valence-corrected chi connectivity index (χ1v) is 5.69. The molecule has 0 aliphatic heterocycles. The molecule has 0 radical (unpaired) electrons. The van der Waals surface area contributed by atoms with Crippen LogP contribution in [0.1, 0.15) is 0 Å². The van der Waals surface area contributed by atoms with Crippen molar-refractivity contribution in [3.63, 3.8) is 0 Å². The molecule has 0 saturated carbocycles. The second-order valence-corrected chi connectivity index (χ2v) is 3.92. The number of ether oxygens (including phenoxy) is 1. The molecule has 1 aromatic carbocycles. The Morgan fingerprint density at radius 1 is 1.11 bits per heavy atom. The van der Waals surface area contributed by atoms with E-state index in [9.17, 15) is 17.6 Å². The fourth-order valence-corrected chi connectivity index (χ4v) is 1.49. The van der Waals surface area contributed by atoms with Crippen molar-refractivity contribution in [2.45, 2.75) is 6.18 Å². The van der Waals surface area contributed by atoms with Gasteiger partial charge in [-0.15, -0.1) is 0 Å². The maximum Gasteiger partial charge on any atom is 0.401 e. The zero-order valence-corrected chi connectivity index (χ0v) is 10.2. The van der Waals surface area contributed by atoms with E-state index in [1.54, 1.807) is 0 Å². The van der Waals surface area contributed by atoms with Crippen molar-refractivity contribution >= 4 is 0 Å². The van der Waals surface area contributed by atoms with Gasteiger partial charge in [-0.3, -0.25) is 4.90 Å². The minimum atomic E-state index is -4.31. The Bertz CT molecular complexity index is 367. The Morgan fingerprint density at radius 3 is 2.26 bits per heavy atom. The molecule has 0 saturated heterocycles. The third kappa shape index (κ3) is 6.97. The molecule has 0 aromatic heterocycles. The number of hydrogen-bond acceptors (Lipinski definition) is 3. The smallest absolute Gasteiger partial charge is 0.401 e. The molecule has 0 spiro atoms. The van der Waals surface area contributed by atoms with Crippen LogP contribution in [0.25, 0.3) is 0 Å². The van der Waals surface area contributed by atoms with Gasteiger partial charge < -0.3 is 9.84 Å². The number of nitrogens with zero attached hydrogens (tertiary/aromatic N) is 1. The molecule has 3 nitrogen and oxygen atoms in total. The maximum absolute atomic E-state index is 12.6. The van der Waals surface area contributed by atoms with Gasteiger partial charge >= 0.3 is 6.18 Å². The molecule has 0 aliphatic carbocycles. The third-order valence-corrected chi connectivity index (χ3v) is 2.31. The summed E-state index contributed by atoms with van der Waals surface area (Å²) in [6.07, 6.45) is -4.31. The van der Waals surface area contributed by atoms with Crippen LogP contribution >= 0.6 is 0 Å². The molecule has 0 bridgehead atoms. The standard InChI is InChI=1S/C12H15F4NO2/c13-10-1-3-11(4-2-10)19-8-6-17(5-7-18)9-12(14,15)16/h1-4,18H,5-9H2. The van der Waals surface area contributed by atoms with Crippen LogP contribution in [0, 0.1) is 5.82 Å². The average molecular weight is 281 g/mol. The molecule has 0 atom stereocenters. The molecule has 1 rings (SSSR count). The molecule has 0 unspecified atom stereocenters. The summed E-state index contributed by atoms with van der Waals surface area (Å²) < 4.78 is 54.5. The van der Waals surface area contributed by atoms with E-state index in [0.29, 0.717) is 5.75 Å². The van der Waals surface area contributed by atoms with Crippen LogP contribution in [-0.4, -0.2) is 49.0 Å². The first-order valence-electron chi connectivity index (χ1n) is 5.69. The highest BCUT2D eigenvalue weighted by atomic mass is 19.4. The van der Waals surface area contributed by atoms with Crippen molar-refractivity contribution in [2.75, 3.05) is 32.8 Å². The summed E-state index contributed by atoms with van der Waals surface area (Å²) in [5.74, 6) is -0.0244. The first-order chi connectivity index (χ1) is 8.90. The van der Waals surface area contributed by atoms with E-state index in [1.165, 1.54) is 24.3 Å². The number of hydrogen-bond donors (Lipinski definition) is 1. The first kappa shape index (κ1) is 15.7. The Labute approximate surface area is 108 Å². The Morgan fingerprint density at radius 2 is 1.74 bits per heavy atom. The molecule has 7 heteroatoms. The molecule has 0 aliphatic rings. The second-order valence-electron chi connectivity index (χ2n) is 3.92. The van der Waals surface area contributed by atoms with E-state index >= 15 is 0 Å². The fraction of sp³-hybridized carbons (Fsp3) is 0.500. The van der Waals surface area contributed by atoms with Gasteiger partial charge in [-0.1, -0.05) is 0 Å². The van der Waals surface area contributed by atoms with Crippen LogP contribution in [0.2, 0.25) is 0 Å². The van der Waals surface area contributed by atoms with E-state index in [-0.39, 0.29) is 26.3 Å². The van der Waals surface area contributed by atoms with Crippen molar-refractivity contribution < 1.29 is 27.4 Å². The van der Waals surface area contributed by atoms with Crippen LogP contribution < -0.4 is 4.74 Å². The summed E-state index contributed by atoms with van der Waals surface area (Å²) in [7, 11) is 0. The van der Waals surface area contributed by atoms with Gasteiger partial charge in [-0.05, 0) is 24.3 Å². The fourth-order valence-electron chi connectivity index (χ4n) is 1.49. The van der Waals surface area contributed by atoms with Crippen LogP contribution in [-0.2, 0) is 0 Å². The maximum atomic E-state index is 12.6. The molecular weight excluding hydrogens is 266 g/mol. The van der Waals surface area contributed by atoms with Crippen LogP contribution in [0.5, 0.6) is 5.75 Å².